The number of carbonyl (C=O) groups is 1. The van der Waals surface area contributed by atoms with E-state index in [1.165, 1.54) is 12.4 Å². The number of aromatic nitrogens is 2. The first-order chi connectivity index (χ1) is 14.6. The molecule has 1 aliphatic rings. The maximum atomic E-state index is 12.3. The minimum absolute atomic E-state index is 0.0401. The van der Waals surface area contributed by atoms with E-state index in [0.717, 1.165) is 31.2 Å². The Morgan fingerprint density at radius 1 is 1.13 bits per heavy atom. The summed E-state index contributed by atoms with van der Waals surface area (Å²) in [6, 6.07) is 7.37. The van der Waals surface area contributed by atoms with Crippen molar-refractivity contribution in [2.24, 2.45) is 0 Å². The van der Waals surface area contributed by atoms with Crippen molar-refractivity contribution in [3.05, 3.63) is 41.9 Å². The van der Waals surface area contributed by atoms with Crippen LogP contribution in [0.15, 0.2) is 30.6 Å². The summed E-state index contributed by atoms with van der Waals surface area (Å²) < 4.78 is 16.3. The maximum absolute atomic E-state index is 12.3. The molecule has 0 spiro atoms. The Balaban J connectivity index is 1.43. The molecule has 1 aliphatic carbocycles. The number of hydrogen-bond acceptors (Lipinski definition) is 7. The molecule has 0 aliphatic heterocycles. The molecule has 30 heavy (non-hydrogen) atoms. The molecule has 1 aromatic heterocycles. The summed E-state index contributed by atoms with van der Waals surface area (Å²) in [6.45, 7) is 0.383. The number of ether oxygens (including phenoxy) is 3. The van der Waals surface area contributed by atoms with Gasteiger partial charge in [0.1, 0.15) is 12.2 Å². The predicted molar refractivity (Wildman–Crippen MR) is 108 cm³/mol. The number of amides is 2. The number of nitriles is 1. The average molecular weight is 411 g/mol. The van der Waals surface area contributed by atoms with Gasteiger partial charge in [-0.2, -0.15) is 5.26 Å². The molecular weight excluding hydrogens is 386 g/mol. The minimum atomic E-state index is -0.213. The van der Waals surface area contributed by atoms with Crippen molar-refractivity contribution in [2.45, 2.75) is 44.4 Å². The summed E-state index contributed by atoms with van der Waals surface area (Å²) in [5.74, 6) is 1.54. The average Bonchev–Trinajstić information content (AvgIpc) is 2.79. The van der Waals surface area contributed by atoms with E-state index in [4.69, 9.17) is 19.5 Å². The van der Waals surface area contributed by atoms with Gasteiger partial charge >= 0.3 is 6.03 Å². The molecule has 0 bridgehead atoms. The van der Waals surface area contributed by atoms with Gasteiger partial charge in [0.15, 0.2) is 11.5 Å². The summed E-state index contributed by atoms with van der Waals surface area (Å²) in [5.41, 5.74) is 1.10. The van der Waals surface area contributed by atoms with Crippen molar-refractivity contribution in [2.75, 3.05) is 14.2 Å². The van der Waals surface area contributed by atoms with Crippen molar-refractivity contribution in [1.29, 1.82) is 5.26 Å². The molecule has 158 valence electrons. The van der Waals surface area contributed by atoms with Gasteiger partial charge in [-0.3, -0.25) is 0 Å². The highest BCUT2D eigenvalue weighted by Crippen LogP contribution is 2.27. The van der Waals surface area contributed by atoms with Crippen LogP contribution in [0, 0.1) is 11.3 Å². The van der Waals surface area contributed by atoms with Crippen LogP contribution in [0.25, 0.3) is 0 Å². The van der Waals surface area contributed by atoms with Gasteiger partial charge in [0.05, 0.1) is 14.2 Å². The summed E-state index contributed by atoms with van der Waals surface area (Å²) in [7, 11) is 3.16. The zero-order chi connectivity index (χ0) is 21.3. The van der Waals surface area contributed by atoms with Crippen LogP contribution in [-0.2, 0) is 6.54 Å². The lowest BCUT2D eigenvalue weighted by molar-refractivity contribution is 0.134. The van der Waals surface area contributed by atoms with Crippen LogP contribution in [-0.4, -0.2) is 42.4 Å². The number of urea groups is 1. The van der Waals surface area contributed by atoms with E-state index < -0.39 is 0 Å². The fourth-order valence-electron chi connectivity index (χ4n) is 3.38. The zero-order valence-electron chi connectivity index (χ0n) is 17.1. The number of rotatable bonds is 7. The highest BCUT2D eigenvalue weighted by atomic mass is 16.5. The largest absolute Gasteiger partial charge is 0.493 e. The summed E-state index contributed by atoms with van der Waals surface area (Å²) >= 11 is 0. The Bertz CT molecular complexity index is 907. The van der Waals surface area contributed by atoms with E-state index in [-0.39, 0.29) is 29.8 Å². The molecule has 1 heterocycles. The SMILES string of the molecule is COc1ccc(CNC(=O)NC2CCC(Oc3nccnc3C#N)CC2)cc1OC. The molecular formula is C21H25N5O4. The molecule has 2 amide bonds. The molecule has 0 atom stereocenters. The first-order valence-corrected chi connectivity index (χ1v) is 9.76. The monoisotopic (exact) mass is 411 g/mol. The first-order valence-electron chi connectivity index (χ1n) is 9.76. The van der Waals surface area contributed by atoms with Crippen molar-refractivity contribution in [3.8, 4) is 23.4 Å². The summed E-state index contributed by atoms with van der Waals surface area (Å²) in [5, 5.41) is 15.0. The van der Waals surface area contributed by atoms with Crippen molar-refractivity contribution >= 4 is 6.03 Å². The lowest BCUT2D eigenvalue weighted by Gasteiger charge is -2.29. The Morgan fingerprint density at radius 2 is 1.87 bits per heavy atom. The summed E-state index contributed by atoms with van der Waals surface area (Å²) in [4.78, 5) is 20.3. The van der Waals surface area contributed by atoms with E-state index >= 15 is 0 Å². The zero-order valence-corrected chi connectivity index (χ0v) is 17.1. The molecule has 1 fully saturated rings. The van der Waals surface area contributed by atoms with Crippen LogP contribution < -0.4 is 24.8 Å². The van der Waals surface area contributed by atoms with Gasteiger partial charge in [0.25, 0.3) is 5.88 Å². The van der Waals surface area contributed by atoms with E-state index in [2.05, 4.69) is 20.6 Å². The second-order valence-corrected chi connectivity index (χ2v) is 6.93. The normalized spacial score (nSPS) is 18.0. The highest BCUT2D eigenvalue weighted by Gasteiger charge is 2.24. The lowest BCUT2D eigenvalue weighted by atomic mass is 9.93. The van der Waals surface area contributed by atoms with Gasteiger partial charge in [-0.05, 0) is 43.4 Å². The molecule has 3 rings (SSSR count). The predicted octanol–water partition coefficient (Wildman–Crippen LogP) is 2.55. The van der Waals surface area contributed by atoms with Gasteiger partial charge in [-0.15, -0.1) is 0 Å². The Morgan fingerprint density at radius 3 is 2.57 bits per heavy atom. The van der Waals surface area contributed by atoms with E-state index in [9.17, 15) is 4.79 Å². The second-order valence-electron chi connectivity index (χ2n) is 6.93. The van der Waals surface area contributed by atoms with Crippen LogP contribution in [0.3, 0.4) is 0 Å². The number of carbonyl (C=O) groups excluding carboxylic acids is 1. The molecule has 0 radical (unpaired) electrons. The molecule has 1 aromatic carbocycles. The van der Waals surface area contributed by atoms with E-state index in [0.29, 0.717) is 18.0 Å². The molecule has 9 heteroatoms. The van der Waals surface area contributed by atoms with Gasteiger partial charge in [-0.1, -0.05) is 6.07 Å². The van der Waals surface area contributed by atoms with Crippen LogP contribution in [0.2, 0.25) is 0 Å². The number of methoxy groups -OCH3 is 2. The van der Waals surface area contributed by atoms with Crippen LogP contribution in [0.1, 0.15) is 36.9 Å². The lowest BCUT2D eigenvalue weighted by Crippen LogP contribution is -2.44. The number of nitrogens with one attached hydrogen (secondary N) is 2. The van der Waals surface area contributed by atoms with Gasteiger partial charge < -0.3 is 24.8 Å². The molecule has 2 aromatic rings. The number of benzene rings is 1. The van der Waals surface area contributed by atoms with Crippen LogP contribution in [0.4, 0.5) is 4.79 Å². The molecule has 2 N–H and O–H groups in total. The van der Waals surface area contributed by atoms with E-state index in [1.807, 2.05) is 24.3 Å². The third-order valence-electron chi connectivity index (χ3n) is 4.96. The van der Waals surface area contributed by atoms with Crippen molar-refractivity contribution in [1.82, 2.24) is 20.6 Å². The third kappa shape index (κ3) is 5.50. The number of nitrogens with zero attached hydrogens (tertiary/aromatic N) is 3. The summed E-state index contributed by atoms with van der Waals surface area (Å²) in [6.07, 6.45) is 6.04. The van der Waals surface area contributed by atoms with E-state index in [1.54, 1.807) is 14.2 Å². The smallest absolute Gasteiger partial charge is 0.315 e. The topological polar surface area (TPSA) is 118 Å². The third-order valence-corrected chi connectivity index (χ3v) is 4.96. The van der Waals surface area contributed by atoms with Gasteiger partial charge in [0, 0.05) is 25.0 Å². The maximum Gasteiger partial charge on any atom is 0.315 e. The Kier molecular flexibility index (Phi) is 7.27. The first kappa shape index (κ1) is 21.2. The second kappa shape index (κ2) is 10.3. The molecule has 9 nitrogen and oxygen atoms in total. The van der Waals surface area contributed by atoms with Gasteiger partial charge in [-0.25, -0.2) is 14.8 Å². The fourth-order valence-corrected chi connectivity index (χ4v) is 3.38. The Hall–Kier alpha value is -3.54. The molecule has 0 unspecified atom stereocenters. The Labute approximate surface area is 175 Å². The van der Waals surface area contributed by atoms with Crippen molar-refractivity contribution in [3.63, 3.8) is 0 Å². The number of hydrogen-bond donors (Lipinski definition) is 2. The standard InChI is InChI=1S/C21H25N5O4/c1-28-18-8-3-14(11-19(18)29-2)13-25-21(27)26-15-4-6-16(7-5-15)30-20-17(12-22)23-9-10-24-20/h3,8-11,15-16H,4-7,13H2,1-2H3,(H2,25,26,27). The minimum Gasteiger partial charge on any atom is -0.493 e. The van der Waals surface area contributed by atoms with Crippen LogP contribution in [0.5, 0.6) is 17.4 Å². The highest BCUT2D eigenvalue weighted by molar-refractivity contribution is 5.74. The molecule has 1 saturated carbocycles. The fraction of sp³-hybridized carbons (Fsp3) is 0.429. The van der Waals surface area contributed by atoms with Crippen LogP contribution >= 0.6 is 0 Å². The van der Waals surface area contributed by atoms with Gasteiger partial charge in [0.2, 0.25) is 5.69 Å². The molecule has 0 saturated heterocycles. The van der Waals surface area contributed by atoms with Crippen molar-refractivity contribution < 1.29 is 19.0 Å². The quantitative estimate of drug-likeness (QED) is 0.719.